The van der Waals surface area contributed by atoms with Crippen molar-refractivity contribution >= 4 is 0 Å². The summed E-state index contributed by atoms with van der Waals surface area (Å²) in [4.78, 5) is 0. The van der Waals surface area contributed by atoms with Crippen LogP contribution < -0.4 is 0 Å². The predicted molar refractivity (Wildman–Crippen MR) is 533 cm³/mol. The molecular weight excluding hydrogens is 1600 g/mol. The van der Waals surface area contributed by atoms with Gasteiger partial charge in [-0.3, -0.25) is 0 Å². The Bertz CT molecular complexity index is 4770. The van der Waals surface area contributed by atoms with Crippen molar-refractivity contribution in [1.82, 2.24) is 0 Å². The highest BCUT2D eigenvalue weighted by Crippen LogP contribution is 2.48. The number of rotatable bonds is 11. The van der Waals surface area contributed by atoms with Crippen LogP contribution in [-0.2, 0) is 0 Å². The molecule has 0 saturated heterocycles. The lowest BCUT2D eigenvalue weighted by Crippen LogP contribution is -2.25. The van der Waals surface area contributed by atoms with E-state index in [2.05, 4.69) is 160 Å². The molecule has 9 aromatic rings. The molecule has 7 heteroatoms. The minimum absolute atomic E-state index is 0.0880. The van der Waals surface area contributed by atoms with E-state index in [0.29, 0.717) is 50.8 Å². The normalized spacial score (nSPS) is 27.5. The van der Waals surface area contributed by atoms with Crippen LogP contribution in [0.2, 0.25) is 0 Å². The highest BCUT2D eigenvalue weighted by Gasteiger charge is 2.34. The zero-order valence-corrected chi connectivity index (χ0v) is 81.7. The van der Waals surface area contributed by atoms with E-state index in [1.54, 1.807) is 94.5 Å². The third-order valence-corrected chi connectivity index (χ3v) is 33.0. The number of aryl methyl sites for hydroxylation is 6. The molecule has 0 amide bonds. The quantitative estimate of drug-likeness (QED) is 0.113. The third-order valence-electron chi connectivity index (χ3n) is 33.0. The van der Waals surface area contributed by atoms with Crippen LogP contribution >= 0.6 is 0 Å². The Morgan fingerprint density at radius 1 is 0.178 bits per heavy atom. The molecule has 0 nitrogen and oxygen atoms in total. The van der Waals surface area contributed by atoms with Crippen molar-refractivity contribution in [3.63, 3.8) is 0 Å². The number of halogens is 7. The van der Waals surface area contributed by atoms with Gasteiger partial charge in [0, 0.05) is 11.1 Å². The van der Waals surface area contributed by atoms with Gasteiger partial charge in [-0.1, -0.05) is 345 Å². The molecule has 0 heterocycles. The summed E-state index contributed by atoms with van der Waals surface area (Å²) < 4.78 is 97.4. The Balaban J connectivity index is 0.000000137. The number of hydrogen-bond donors (Lipinski definition) is 0. The molecule has 0 radical (unpaired) electrons. The van der Waals surface area contributed by atoms with Crippen molar-refractivity contribution in [3.05, 3.63) is 283 Å². The van der Waals surface area contributed by atoms with E-state index in [0.717, 1.165) is 133 Å². The highest BCUT2D eigenvalue weighted by atomic mass is 19.2. The molecule has 0 aromatic heterocycles. The van der Waals surface area contributed by atoms with E-state index in [1.165, 1.54) is 211 Å². The Kier molecular flexibility index (Phi) is 38.5. The van der Waals surface area contributed by atoms with Gasteiger partial charge in [0.25, 0.3) is 0 Å². The second-order valence-electron chi connectivity index (χ2n) is 43.3. The fraction of sp³-hybridized carbons (Fsp3) is 0.557. The SMILES string of the molecule is CC1CCC(C2CCC(C)CC2)CC1.Cc1ccc(-c2ccc(C3CCC(C)CC3)cc2)c(F)c1F.Cc1ccc(-c2ccc(C3CCC(C)CC3)cc2)cc1.Cc1ccc(-c2ccc(C3CCC(C)CC3)cc2F)cc1.Cc1ccc(C2CCC(C)CC2)c(F)c1F.Cc1ccc(C2CCC(C)CC2)cc1.Cc1ccc(C2CCC(C3CCC(C)CC3)CC2)c(F)c1F. The lowest BCUT2D eigenvalue weighted by Gasteiger charge is -2.37. The molecule has 0 spiro atoms. The Labute approximate surface area is 777 Å². The summed E-state index contributed by atoms with van der Waals surface area (Å²) in [5.74, 6) is 10.2. The van der Waals surface area contributed by atoms with E-state index in [1.807, 2.05) is 49.4 Å². The first-order chi connectivity index (χ1) is 62.1. The second kappa shape index (κ2) is 49.5. The van der Waals surface area contributed by atoms with Crippen molar-refractivity contribution in [2.45, 2.75) is 364 Å². The fourth-order valence-electron chi connectivity index (χ4n) is 23.2. The fourth-order valence-corrected chi connectivity index (χ4v) is 23.2. The lowest BCUT2D eigenvalue weighted by atomic mass is 9.68. The van der Waals surface area contributed by atoms with Crippen molar-refractivity contribution < 1.29 is 30.7 Å². The Morgan fingerprint density at radius 3 is 0.705 bits per heavy atom. The molecule has 0 aliphatic heterocycles. The molecule has 698 valence electrons. The van der Waals surface area contributed by atoms with Crippen LogP contribution in [0, 0.1) is 153 Å². The summed E-state index contributed by atoms with van der Waals surface area (Å²) in [7, 11) is 0. The average molecular weight is 1760 g/mol. The molecule has 0 bridgehead atoms. The first kappa shape index (κ1) is 100. The van der Waals surface area contributed by atoms with Gasteiger partial charge in [0.2, 0.25) is 0 Å². The van der Waals surface area contributed by atoms with Gasteiger partial charge in [0.1, 0.15) is 5.82 Å². The van der Waals surface area contributed by atoms with Gasteiger partial charge < -0.3 is 0 Å². The molecule has 18 rings (SSSR count). The largest absolute Gasteiger partial charge is 0.206 e. The average Bonchev–Trinajstić information content (AvgIpc) is 0.816. The van der Waals surface area contributed by atoms with Gasteiger partial charge in [-0.2, -0.15) is 0 Å². The van der Waals surface area contributed by atoms with Crippen LogP contribution in [0.4, 0.5) is 30.7 Å². The molecule has 0 N–H and O–H groups in total. The zero-order valence-electron chi connectivity index (χ0n) is 81.7. The van der Waals surface area contributed by atoms with Crippen molar-refractivity contribution in [1.29, 1.82) is 0 Å². The second-order valence-corrected chi connectivity index (χ2v) is 43.3. The van der Waals surface area contributed by atoms with Gasteiger partial charge in [0.15, 0.2) is 34.9 Å². The van der Waals surface area contributed by atoms with Crippen LogP contribution in [0.5, 0.6) is 0 Å². The highest BCUT2D eigenvalue weighted by molar-refractivity contribution is 5.67. The van der Waals surface area contributed by atoms with E-state index >= 15 is 0 Å². The summed E-state index contributed by atoms with van der Waals surface area (Å²) in [5, 5.41) is 0. The van der Waals surface area contributed by atoms with Crippen molar-refractivity contribution in [3.8, 4) is 33.4 Å². The van der Waals surface area contributed by atoms with Gasteiger partial charge in [-0.05, 0) is 355 Å². The Morgan fingerprint density at radius 2 is 0.388 bits per heavy atom. The topological polar surface area (TPSA) is 0 Å². The van der Waals surface area contributed by atoms with Gasteiger partial charge in [0.05, 0.1) is 0 Å². The molecule has 0 unspecified atom stereocenters. The first-order valence-corrected chi connectivity index (χ1v) is 51.6. The van der Waals surface area contributed by atoms with Gasteiger partial charge >= 0.3 is 0 Å². The predicted octanol–water partition coefficient (Wildman–Crippen LogP) is 38.2. The zero-order chi connectivity index (χ0) is 91.8. The van der Waals surface area contributed by atoms with Crippen LogP contribution in [0.15, 0.2) is 176 Å². The summed E-state index contributed by atoms with van der Waals surface area (Å²) in [5.41, 5.74) is 17.2. The maximum atomic E-state index is 14.5. The molecule has 9 fully saturated rings. The summed E-state index contributed by atoms with van der Waals surface area (Å²) in [6.45, 7) is 30.0. The molecule has 0 atom stereocenters. The van der Waals surface area contributed by atoms with E-state index in [9.17, 15) is 30.7 Å². The van der Waals surface area contributed by atoms with E-state index in [4.69, 9.17) is 0 Å². The standard InChI is InChI=1S/C20H28F2.C20H22F2.C20H23F.C20H24.C14H18F2.C14H26.C14H20/c2*1-13-3-6-15(7-4-13)16-8-10-17(11-9-16)18-12-5-14(2)19(21)20(18)22;1-14-3-7-16(8-4-14)18-11-12-19(20(21)13-18)17-9-5-15(2)6-10-17;1-15-3-7-17(8-4-15)19-11-13-20(14-12-19)18-9-5-16(2)6-10-18;1-9-3-6-11(7-4-9)12-8-5-10(2)13(15)14(12)16;2*1-11-3-7-13(8-4-11)14-9-5-12(2)6-10-14/h5,12-13,15-17H,3-4,6-11H2,1-2H3;5,8-13,15H,3-4,6-7H2,1-2H3;5-6,9-14,16H,3-4,7-8H2,1-2H3;3-4,7-8,11-14,16,18H,5-6,9-10H2,1-2H3;5,8-9,11H,3-4,6-7H2,1-2H3;11-14H,3-10H2,1-2H3;3-4,7-8,12,14H,5-6,9-10H2,1-2H3. The maximum absolute atomic E-state index is 14.5. The van der Waals surface area contributed by atoms with Crippen molar-refractivity contribution in [2.75, 3.05) is 0 Å². The minimum Gasteiger partial charge on any atom is -0.206 e. The third kappa shape index (κ3) is 29.2. The molecule has 129 heavy (non-hydrogen) atoms. The van der Waals surface area contributed by atoms with Crippen LogP contribution in [0.1, 0.15) is 389 Å². The summed E-state index contributed by atoms with van der Waals surface area (Å²) in [6, 6.07) is 59.3. The summed E-state index contributed by atoms with van der Waals surface area (Å²) >= 11 is 0. The number of benzene rings is 9. The minimum atomic E-state index is -0.751. The first-order valence-electron chi connectivity index (χ1n) is 51.6. The molecule has 9 aliphatic carbocycles. The summed E-state index contributed by atoms with van der Waals surface area (Å²) in [6.07, 6.45) is 47.5. The van der Waals surface area contributed by atoms with Gasteiger partial charge in [-0.25, -0.2) is 30.7 Å². The van der Waals surface area contributed by atoms with Crippen LogP contribution in [-0.4, -0.2) is 0 Å². The van der Waals surface area contributed by atoms with Crippen LogP contribution in [0.3, 0.4) is 0 Å². The van der Waals surface area contributed by atoms with Crippen LogP contribution in [0.25, 0.3) is 33.4 Å². The molecular formula is C122H161F7. The van der Waals surface area contributed by atoms with Crippen molar-refractivity contribution in [2.24, 2.45) is 71.0 Å². The smallest absolute Gasteiger partial charge is 0.166 e. The molecule has 9 aliphatic rings. The maximum Gasteiger partial charge on any atom is 0.166 e. The lowest BCUT2D eigenvalue weighted by molar-refractivity contribution is 0.155. The molecule has 9 aromatic carbocycles. The monoisotopic (exact) mass is 1760 g/mol. The van der Waals surface area contributed by atoms with E-state index in [-0.39, 0.29) is 17.7 Å². The Hall–Kier alpha value is -7.51. The van der Waals surface area contributed by atoms with E-state index < -0.39 is 34.9 Å². The molecule has 9 saturated carbocycles. The number of hydrogen-bond acceptors (Lipinski definition) is 0. The van der Waals surface area contributed by atoms with Gasteiger partial charge in [-0.15, -0.1) is 0 Å².